The highest BCUT2D eigenvalue weighted by Gasteiger charge is 2.30. The van der Waals surface area contributed by atoms with Gasteiger partial charge in [-0.15, -0.1) is 0 Å². The molecule has 2 aromatic rings. The summed E-state index contributed by atoms with van der Waals surface area (Å²) in [6.07, 6.45) is -4.40. The van der Waals surface area contributed by atoms with Gasteiger partial charge in [-0.2, -0.15) is 13.2 Å². The van der Waals surface area contributed by atoms with Crippen LogP contribution in [0.3, 0.4) is 0 Å². The van der Waals surface area contributed by atoms with Crippen molar-refractivity contribution in [3.63, 3.8) is 0 Å². The molecule has 0 aliphatic rings. The van der Waals surface area contributed by atoms with Crippen LogP contribution in [-0.4, -0.2) is 24.4 Å². The highest BCUT2D eigenvalue weighted by atomic mass is 79.9. The first kappa shape index (κ1) is 18.3. The van der Waals surface area contributed by atoms with Crippen molar-refractivity contribution in [3.8, 4) is 0 Å². The van der Waals surface area contributed by atoms with Gasteiger partial charge in [-0.05, 0) is 29.8 Å². The maximum atomic E-state index is 12.7. The van der Waals surface area contributed by atoms with E-state index in [1.807, 2.05) is 24.3 Å². The Hall–Kier alpha value is -2.02. The maximum absolute atomic E-state index is 12.7. The van der Waals surface area contributed by atoms with Crippen LogP contribution in [0.1, 0.15) is 11.1 Å². The van der Waals surface area contributed by atoms with E-state index in [1.54, 1.807) is 7.05 Å². The number of rotatable bonds is 5. The number of hydrogen-bond acceptors (Lipinski definition) is 2. The van der Waals surface area contributed by atoms with Crippen LogP contribution in [0.25, 0.3) is 0 Å². The number of nitrogens with one attached hydrogen (secondary N) is 1. The molecule has 2 rings (SSSR count). The van der Waals surface area contributed by atoms with Crippen molar-refractivity contribution in [2.45, 2.75) is 12.7 Å². The number of carbonyl (C=O) groups is 1. The molecule has 0 aliphatic carbocycles. The Morgan fingerprint density at radius 3 is 2.54 bits per heavy atom. The van der Waals surface area contributed by atoms with E-state index in [1.165, 1.54) is 17.0 Å². The number of benzene rings is 2. The minimum atomic E-state index is -4.40. The molecule has 2 aromatic carbocycles. The van der Waals surface area contributed by atoms with E-state index >= 15 is 0 Å². The SMILES string of the molecule is CN(Cc1ccccc1Br)C(=O)CNc1cccc(C(F)(F)F)c1. The van der Waals surface area contributed by atoms with Crippen molar-refractivity contribution in [3.05, 3.63) is 64.1 Å². The van der Waals surface area contributed by atoms with Crippen LogP contribution in [0.5, 0.6) is 0 Å². The van der Waals surface area contributed by atoms with Crippen molar-refractivity contribution in [1.29, 1.82) is 0 Å². The van der Waals surface area contributed by atoms with Crippen LogP contribution in [0.15, 0.2) is 53.0 Å². The lowest BCUT2D eigenvalue weighted by molar-refractivity contribution is -0.137. The van der Waals surface area contributed by atoms with Crippen molar-refractivity contribution in [2.24, 2.45) is 0 Å². The van der Waals surface area contributed by atoms with Gasteiger partial charge in [-0.3, -0.25) is 4.79 Å². The largest absolute Gasteiger partial charge is 0.416 e. The van der Waals surface area contributed by atoms with Gasteiger partial charge < -0.3 is 10.2 Å². The fourth-order valence-corrected chi connectivity index (χ4v) is 2.50. The summed E-state index contributed by atoms with van der Waals surface area (Å²) < 4.78 is 38.9. The zero-order valence-corrected chi connectivity index (χ0v) is 14.5. The molecular weight excluding hydrogens is 385 g/mol. The van der Waals surface area contributed by atoms with Crippen LogP contribution in [0, 0.1) is 0 Å². The molecule has 0 radical (unpaired) electrons. The third kappa shape index (κ3) is 4.99. The van der Waals surface area contributed by atoms with Crippen LogP contribution < -0.4 is 5.32 Å². The lowest BCUT2D eigenvalue weighted by atomic mass is 10.2. The van der Waals surface area contributed by atoms with Crippen molar-refractivity contribution >= 4 is 27.5 Å². The van der Waals surface area contributed by atoms with E-state index in [2.05, 4.69) is 21.2 Å². The van der Waals surface area contributed by atoms with Gasteiger partial charge in [0, 0.05) is 23.8 Å². The number of likely N-dealkylation sites (N-methyl/N-ethyl adjacent to an activating group) is 1. The number of nitrogens with zero attached hydrogens (tertiary/aromatic N) is 1. The minimum Gasteiger partial charge on any atom is -0.376 e. The zero-order valence-electron chi connectivity index (χ0n) is 12.9. The summed E-state index contributed by atoms with van der Waals surface area (Å²) in [5.74, 6) is -0.219. The average Bonchev–Trinajstić information content (AvgIpc) is 2.54. The molecule has 1 N–H and O–H groups in total. The fraction of sp³-hybridized carbons (Fsp3) is 0.235. The predicted molar refractivity (Wildman–Crippen MR) is 90.5 cm³/mol. The first-order chi connectivity index (χ1) is 11.3. The second-order valence-corrected chi connectivity index (χ2v) is 6.13. The Bertz CT molecular complexity index is 719. The summed E-state index contributed by atoms with van der Waals surface area (Å²) in [7, 11) is 1.65. The average molecular weight is 401 g/mol. The van der Waals surface area contributed by atoms with Crippen LogP contribution in [0.4, 0.5) is 18.9 Å². The van der Waals surface area contributed by atoms with Gasteiger partial charge in [0.25, 0.3) is 0 Å². The number of halogens is 4. The topological polar surface area (TPSA) is 32.3 Å². The van der Waals surface area contributed by atoms with Gasteiger partial charge >= 0.3 is 6.18 Å². The molecule has 3 nitrogen and oxygen atoms in total. The molecule has 0 unspecified atom stereocenters. The molecule has 0 bridgehead atoms. The Morgan fingerprint density at radius 1 is 1.17 bits per heavy atom. The number of carbonyl (C=O) groups excluding carboxylic acids is 1. The highest BCUT2D eigenvalue weighted by Crippen LogP contribution is 2.30. The molecule has 7 heteroatoms. The Morgan fingerprint density at radius 2 is 1.88 bits per heavy atom. The van der Waals surface area contributed by atoms with Crippen LogP contribution >= 0.6 is 15.9 Å². The van der Waals surface area contributed by atoms with E-state index in [4.69, 9.17) is 0 Å². The molecule has 0 aliphatic heterocycles. The molecule has 0 heterocycles. The molecule has 1 amide bonds. The normalized spacial score (nSPS) is 11.2. The van der Waals surface area contributed by atoms with Crippen molar-refractivity contribution in [2.75, 3.05) is 18.9 Å². The lowest BCUT2D eigenvalue weighted by Crippen LogP contribution is -2.31. The van der Waals surface area contributed by atoms with E-state index < -0.39 is 11.7 Å². The predicted octanol–water partition coefficient (Wildman–Crippen LogP) is 4.54. The zero-order chi connectivity index (χ0) is 17.7. The third-order valence-corrected chi connectivity index (χ3v) is 4.20. The van der Waals surface area contributed by atoms with E-state index in [0.717, 1.165) is 22.2 Å². The monoisotopic (exact) mass is 400 g/mol. The molecule has 0 aromatic heterocycles. The smallest absolute Gasteiger partial charge is 0.376 e. The second kappa shape index (κ2) is 7.70. The molecule has 24 heavy (non-hydrogen) atoms. The second-order valence-electron chi connectivity index (χ2n) is 5.27. The van der Waals surface area contributed by atoms with Crippen LogP contribution in [0.2, 0.25) is 0 Å². The van der Waals surface area contributed by atoms with Crippen molar-refractivity contribution < 1.29 is 18.0 Å². The summed E-state index contributed by atoms with van der Waals surface area (Å²) in [6, 6.07) is 12.3. The molecule has 128 valence electrons. The highest BCUT2D eigenvalue weighted by molar-refractivity contribution is 9.10. The van der Waals surface area contributed by atoms with E-state index in [0.29, 0.717) is 6.54 Å². The van der Waals surface area contributed by atoms with Crippen LogP contribution in [-0.2, 0) is 17.5 Å². The summed E-state index contributed by atoms with van der Waals surface area (Å²) in [6.45, 7) is 0.326. The first-order valence-corrected chi connectivity index (χ1v) is 7.95. The maximum Gasteiger partial charge on any atom is 0.416 e. The summed E-state index contributed by atoms with van der Waals surface area (Å²) >= 11 is 3.42. The molecule has 0 saturated carbocycles. The number of amides is 1. The number of alkyl halides is 3. The summed E-state index contributed by atoms with van der Waals surface area (Å²) in [5, 5.41) is 2.74. The Balaban J connectivity index is 1.94. The third-order valence-electron chi connectivity index (χ3n) is 3.42. The molecule has 0 fully saturated rings. The Labute approximate surface area is 146 Å². The van der Waals surface area contributed by atoms with E-state index in [-0.39, 0.29) is 18.1 Å². The molecule has 0 saturated heterocycles. The van der Waals surface area contributed by atoms with Gasteiger partial charge in [-0.25, -0.2) is 0 Å². The van der Waals surface area contributed by atoms with E-state index in [9.17, 15) is 18.0 Å². The summed E-state index contributed by atoms with van der Waals surface area (Å²) in [4.78, 5) is 13.7. The van der Waals surface area contributed by atoms with Gasteiger partial charge in [0.15, 0.2) is 0 Å². The standard InChI is InChI=1S/C17H16BrF3N2O/c1-23(11-12-5-2-3-8-15(12)18)16(24)10-22-14-7-4-6-13(9-14)17(19,20)21/h2-9,22H,10-11H2,1H3. The minimum absolute atomic E-state index is 0.0811. The van der Waals surface area contributed by atoms with Gasteiger partial charge in [-0.1, -0.05) is 40.2 Å². The van der Waals surface area contributed by atoms with Gasteiger partial charge in [0.2, 0.25) is 5.91 Å². The summed E-state index contributed by atoms with van der Waals surface area (Å²) in [5.41, 5.74) is 0.460. The van der Waals surface area contributed by atoms with Gasteiger partial charge in [0.1, 0.15) is 0 Å². The molecule has 0 spiro atoms. The Kier molecular flexibility index (Phi) is 5.88. The van der Waals surface area contributed by atoms with Crippen molar-refractivity contribution in [1.82, 2.24) is 4.90 Å². The molecule has 0 atom stereocenters. The number of anilines is 1. The number of hydrogen-bond donors (Lipinski definition) is 1. The fourth-order valence-electron chi connectivity index (χ4n) is 2.09. The molecular formula is C17H16BrF3N2O. The quantitative estimate of drug-likeness (QED) is 0.798. The van der Waals surface area contributed by atoms with Gasteiger partial charge in [0.05, 0.1) is 12.1 Å². The first-order valence-electron chi connectivity index (χ1n) is 7.16. The lowest BCUT2D eigenvalue weighted by Gasteiger charge is -2.19.